The Morgan fingerprint density at radius 3 is 2.77 bits per heavy atom. The van der Waals surface area contributed by atoms with Crippen molar-refractivity contribution in [1.82, 2.24) is 15.2 Å². The van der Waals surface area contributed by atoms with E-state index in [0.29, 0.717) is 23.8 Å². The third kappa shape index (κ3) is 4.67. The van der Waals surface area contributed by atoms with Gasteiger partial charge in [-0.25, -0.2) is 14.4 Å². The lowest BCUT2D eigenvalue weighted by molar-refractivity contribution is 0.475. The average molecular weight is 372 g/mol. The first-order valence-corrected chi connectivity index (χ1v) is 8.04. The van der Waals surface area contributed by atoms with Gasteiger partial charge in [0.05, 0.1) is 10.7 Å². The molecular formula is C18H15ClFN5O. The fourth-order valence-electron chi connectivity index (χ4n) is 2.17. The van der Waals surface area contributed by atoms with Gasteiger partial charge in [-0.05, 0) is 48.0 Å². The largest absolute Gasteiger partial charge is 0.508 e. The van der Waals surface area contributed by atoms with Crippen molar-refractivity contribution in [3.05, 3.63) is 76.6 Å². The standard InChI is InChI=1S/C18H15ClFN5O/c19-14-10-12(3-6-15(14)20)22-16(21)7-8-17-23-18(25-24-17)9-11-1-4-13(26)5-2-11/h1-8,10,26H,9H2,(H2,21,22)(H,23,24,25)/b8-7-. The number of nitrogens with two attached hydrogens (primary N) is 1. The van der Waals surface area contributed by atoms with Crippen LogP contribution in [0.3, 0.4) is 0 Å². The van der Waals surface area contributed by atoms with Crippen LogP contribution < -0.4 is 5.73 Å². The number of aromatic hydroxyl groups is 1. The molecule has 0 aliphatic carbocycles. The van der Waals surface area contributed by atoms with E-state index in [0.717, 1.165) is 5.56 Å². The summed E-state index contributed by atoms with van der Waals surface area (Å²) >= 11 is 5.71. The van der Waals surface area contributed by atoms with Crippen molar-refractivity contribution >= 4 is 29.2 Å². The number of rotatable bonds is 5. The first-order chi connectivity index (χ1) is 12.5. The van der Waals surface area contributed by atoms with Crippen LogP contribution in [0.1, 0.15) is 17.2 Å². The molecule has 0 spiro atoms. The second-order valence-electron chi connectivity index (χ2n) is 5.45. The van der Waals surface area contributed by atoms with Crippen LogP contribution in [0.4, 0.5) is 10.1 Å². The van der Waals surface area contributed by atoms with Crippen LogP contribution in [-0.4, -0.2) is 26.1 Å². The summed E-state index contributed by atoms with van der Waals surface area (Å²) in [5.74, 6) is 1.04. The number of aromatic amines is 1. The second kappa shape index (κ2) is 7.79. The third-order valence-electron chi connectivity index (χ3n) is 3.42. The van der Waals surface area contributed by atoms with Crippen molar-refractivity contribution in [2.45, 2.75) is 6.42 Å². The Kier molecular flexibility index (Phi) is 5.28. The predicted molar refractivity (Wildman–Crippen MR) is 99.0 cm³/mol. The molecule has 1 heterocycles. The second-order valence-corrected chi connectivity index (χ2v) is 5.86. The Morgan fingerprint density at radius 2 is 2.04 bits per heavy atom. The zero-order valence-corrected chi connectivity index (χ0v) is 14.3. The van der Waals surface area contributed by atoms with Crippen LogP contribution in [0.2, 0.25) is 5.02 Å². The number of aromatic nitrogens is 3. The third-order valence-corrected chi connectivity index (χ3v) is 3.71. The Labute approximate surface area is 153 Å². The Morgan fingerprint density at radius 1 is 1.27 bits per heavy atom. The van der Waals surface area contributed by atoms with E-state index in [9.17, 15) is 9.50 Å². The van der Waals surface area contributed by atoms with Gasteiger partial charge in [-0.15, -0.1) is 0 Å². The van der Waals surface area contributed by atoms with Crippen LogP contribution in [0.5, 0.6) is 5.75 Å². The molecule has 0 amide bonds. The van der Waals surface area contributed by atoms with Gasteiger partial charge < -0.3 is 10.8 Å². The predicted octanol–water partition coefficient (Wildman–Crippen LogP) is 3.60. The lowest BCUT2D eigenvalue weighted by Gasteiger charge is -1.98. The number of nitrogens with one attached hydrogen (secondary N) is 1. The molecule has 0 aliphatic heterocycles. The number of hydrogen-bond acceptors (Lipinski definition) is 4. The van der Waals surface area contributed by atoms with Crippen molar-refractivity contribution < 1.29 is 9.50 Å². The lowest BCUT2D eigenvalue weighted by atomic mass is 10.1. The Hall–Kier alpha value is -3.19. The first-order valence-electron chi connectivity index (χ1n) is 7.66. The molecule has 0 unspecified atom stereocenters. The van der Waals surface area contributed by atoms with Gasteiger partial charge in [0, 0.05) is 6.42 Å². The van der Waals surface area contributed by atoms with Gasteiger partial charge in [-0.1, -0.05) is 23.7 Å². The molecule has 0 aliphatic rings. The molecule has 132 valence electrons. The number of halogens is 2. The van der Waals surface area contributed by atoms with E-state index in [1.54, 1.807) is 24.3 Å². The Balaban J connectivity index is 1.66. The maximum Gasteiger partial charge on any atom is 0.174 e. The van der Waals surface area contributed by atoms with Crippen molar-refractivity contribution in [1.29, 1.82) is 0 Å². The number of phenolic OH excluding ortho intramolecular Hbond substituents is 1. The van der Waals surface area contributed by atoms with E-state index in [1.807, 2.05) is 12.1 Å². The molecule has 2 aromatic carbocycles. The Bertz CT molecular complexity index is 966. The monoisotopic (exact) mass is 371 g/mol. The van der Waals surface area contributed by atoms with Gasteiger partial charge in [0.1, 0.15) is 23.2 Å². The number of phenols is 1. The summed E-state index contributed by atoms with van der Waals surface area (Å²) < 4.78 is 13.1. The van der Waals surface area contributed by atoms with Crippen LogP contribution in [0.25, 0.3) is 6.08 Å². The lowest BCUT2D eigenvalue weighted by Crippen LogP contribution is -2.06. The number of H-pyrrole nitrogens is 1. The number of nitrogens with zero attached hydrogens (tertiary/aromatic N) is 3. The molecule has 3 aromatic rings. The van der Waals surface area contributed by atoms with Gasteiger partial charge >= 0.3 is 0 Å². The summed E-state index contributed by atoms with van der Waals surface area (Å²) in [5, 5.41) is 16.2. The van der Waals surface area contributed by atoms with Gasteiger partial charge in [0.2, 0.25) is 0 Å². The molecule has 1 aromatic heterocycles. The van der Waals surface area contributed by atoms with Crippen molar-refractivity contribution in [2.75, 3.05) is 0 Å². The van der Waals surface area contributed by atoms with E-state index >= 15 is 0 Å². The molecule has 0 bridgehead atoms. The molecule has 0 radical (unpaired) electrons. The quantitative estimate of drug-likeness (QED) is 0.471. The van der Waals surface area contributed by atoms with E-state index < -0.39 is 5.82 Å². The van der Waals surface area contributed by atoms with Crippen LogP contribution in [0, 0.1) is 5.82 Å². The molecule has 4 N–H and O–H groups in total. The smallest absolute Gasteiger partial charge is 0.174 e. The fraction of sp³-hybridized carbons (Fsp3) is 0.0556. The zero-order chi connectivity index (χ0) is 18.5. The number of aliphatic imine (C=N–C) groups is 1. The first kappa shape index (κ1) is 17.6. The zero-order valence-electron chi connectivity index (χ0n) is 13.5. The molecular weight excluding hydrogens is 357 g/mol. The van der Waals surface area contributed by atoms with Gasteiger partial charge in [0.25, 0.3) is 0 Å². The highest BCUT2D eigenvalue weighted by molar-refractivity contribution is 6.31. The topological polar surface area (TPSA) is 100 Å². The number of benzene rings is 2. The molecule has 8 heteroatoms. The van der Waals surface area contributed by atoms with Gasteiger partial charge in [-0.2, -0.15) is 5.10 Å². The van der Waals surface area contributed by atoms with E-state index in [4.69, 9.17) is 17.3 Å². The summed E-state index contributed by atoms with van der Waals surface area (Å²) in [6.07, 6.45) is 3.71. The van der Waals surface area contributed by atoms with E-state index in [1.165, 1.54) is 18.2 Å². The summed E-state index contributed by atoms with van der Waals surface area (Å²) in [4.78, 5) is 8.46. The van der Waals surface area contributed by atoms with Crippen LogP contribution >= 0.6 is 11.6 Å². The van der Waals surface area contributed by atoms with E-state index in [-0.39, 0.29) is 16.6 Å². The average Bonchev–Trinajstić information content (AvgIpc) is 3.06. The highest BCUT2D eigenvalue weighted by Crippen LogP contribution is 2.21. The van der Waals surface area contributed by atoms with Crippen molar-refractivity contribution in [2.24, 2.45) is 10.7 Å². The number of amidine groups is 1. The minimum atomic E-state index is -0.512. The van der Waals surface area contributed by atoms with Crippen LogP contribution in [-0.2, 0) is 6.42 Å². The summed E-state index contributed by atoms with van der Waals surface area (Å²) in [5.41, 5.74) is 7.26. The highest BCUT2D eigenvalue weighted by Gasteiger charge is 2.03. The summed E-state index contributed by atoms with van der Waals surface area (Å²) in [6, 6.07) is 10.9. The number of hydrogen-bond donors (Lipinski definition) is 3. The highest BCUT2D eigenvalue weighted by atomic mass is 35.5. The molecule has 0 saturated heterocycles. The van der Waals surface area contributed by atoms with Crippen molar-refractivity contribution in [3.63, 3.8) is 0 Å². The molecule has 6 nitrogen and oxygen atoms in total. The maximum absolute atomic E-state index is 13.1. The molecule has 0 saturated carbocycles. The molecule has 0 atom stereocenters. The van der Waals surface area contributed by atoms with Crippen molar-refractivity contribution in [3.8, 4) is 5.75 Å². The molecule has 26 heavy (non-hydrogen) atoms. The normalized spacial score (nSPS) is 12.0. The summed E-state index contributed by atoms with van der Waals surface area (Å²) in [7, 11) is 0. The molecule has 0 fully saturated rings. The fourth-order valence-corrected chi connectivity index (χ4v) is 2.35. The van der Waals surface area contributed by atoms with Crippen LogP contribution in [0.15, 0.2) is 53.5 Å². The van der Waals surface area contributed by atoms with Gasteiger partial charge in [0.15, 0.2) is 5.82 Å². The summed E-state index contributed by atoms with van der Waals surface area (Å²) in [6.45, 7) is 0. The maximum atomic E-state index is 13.1. The minimum absolute atomic E-state index is 0.0177. The molecule has 3 rings (SSSR count). The SMILES string of the molecule is NC(/C=C\c1n[nH]c(Cc2ccc(O)cc2)n1)=Nc1ccc(F)c(Cl)c1. The van der Waals surface area contributed by atoms with E-state index in [2.05, 4.69) is 20.2 Å². The minimum Gasteiger partial charge on any atom is -0.508 e. The van der Waals surface area contributed by atoms with Gasteiger partial charge in [-0.3, -0.25) is 5.10 Å².